The molecule has 0 spiro atoms. The molecule has 6 nitrogen and oxygen atoms in total. The molecule has 2 aromatic rings. The largest absolute Gasteiger partial charge is 0.411 e. The molecule has 0 aliphatic heterocycles. The number of hydrogen-bond acceptors (Lipinski definition) is 6. The van der Waals surface area contributed by atoms with E-state index in [1.165, 1.54) is 11.8 Å². The molecule has 8 heteroatoms. The van der Waals surface area contributed by atoms with Gasteiger partial charge in [-0.3, -0.25) is 0 Å². The quantitative estimate of drug-likeness (QED) is 0.619. The van der Waals surface area contributed by atoms with Crippen molar-refractivity contribution in [2.75, 3.05) is 18.1 Å². The Kier molecular flexibility index (Phi) is 5.16. The van der Waals surface area contributed by atoms with Crippen molar-refractivity contribution in [2.45, 2.75) is 12.1 Å². The third kappa shape index (κ3) is 4.32. The molecule has 0 radical (unpaired) electrons. The number of benzene rings is 1. The van der Waals surface area contributed by atoms with E-state index in [-0.39, 0.29) is 5.75 Å². The predicted molar refractivity (Wildman–Crippen MR) is 77.9 cm³/mol. The fourth-order valence-electron chi connectivity index (χ4n) is 1.40. The lowest BCUT2D eigenvalue weighted by Crippen LogP contribution is -2.27. The van der Waals surface area contributed by atoms with Crippen molar-refractivity contribution in [3.63, 3.8) is 0 Å². The van der Waals surface area contributed by atoms with Crippen molar-refractivity contribution >= 4 is 21.8 Å². The minimum atomic E-state index is -3.14. The fraction of sp³-hybridized carbons (Fsp3) is 0.333. The summed E-state index contributed by atoms with van der Waals surface area (Å²) >= 11 is 1.32. The summed E-state index contributed by atoms with van der Waals surface area (Å²) in [6.45, 7) is 1.93. The lowest BCUT2D eigenvalue weighted by atomic mass is 10.2. The van der Waals surface area contributed by atoms with Gasteiger partial charge in [-0.15, -0.1) is 10.2 Å². The van der Waals surface area contributed by atoms with E-state index < -0.39 is 10.0 Å². The van der Waals surface area contributed by atoms with E-state index in [2.05, 4.69) is 14.9 Å². The van der Waals surface area contributed by atoms with Crippen molar-refractivity contribution < 1.29 is 12.8 Å². The van der Waals surface area contributed by atoms with Crippen LogP contribution in [-0.4, -0.2) is 36.7 Å². The Hall–Kier alpha value is -1.38. The van der Waals surface area contributed by atoms with Crippen LogP contribution in [0.3, 0.4) is 0 Å². The zero-order chi connectivity index (χ0) is 14.4. The van der Waals surface area contributed by atoms with E-state index in [1.807, 2.05) is 30.3 Å². The highest BCUT2D eigenvalue weighted by molar-refractivity contribution is 7.99. The van der Waals surface area contributed by atoms with Crippen LogP contribution in [0, 0.1) is 0 Å². The lowest BCUT2D eigenvalue weighted by molar-refractivity contribution is 0.466. The van der Waals surface area contributed by atoms with Gasteiger partial charge in [-0.1, -0.05) is 30.0 Å². The summed E-state index contributed by atoms with van der Waals surface area (Å²) in [5.41, 5.74) is 0.860. The second kappa shape index (κ2) is 6.87. The van der Waals surface area contributed by atoms with Crippen molar-refractivity contribution in [2.24, 2.45) is 0 Å². The summed E-state index contributed by atoms with van der Waals surface area (Å²) in [4.78, 5) is 0. The highest BCUT2D eigenvalue weighted by Gasteiger charge is 2.09. The molecule has 0 saturated carbocycles. The Labute approximate surface area is 122 Å². The summed E-state index contributed by atoms with van der Waals surface area (Å²) in [5, 5.41) is 8.30. The number of rotatable bonds is 7. The maximum absolute atomic E-state index is 11.2. The first-order valence-corrected chi connectivity index (χ1v) is 8.73. The van der Waals surface area contributed by atoms with Crippen LogP contribution >= 0.6 is 11.8 Å². The van der Waals surface area contributed by atoms with Crippen LogP contribution in [0.15, 0.2) is 40.0 Å². The zero-order valence-corrected chi connectivity index (χ0v) is 12.6. The highest BCUT2D eigenvalue weighted by atomic mass is 32.2. The number of hydrogen-bond donors (Lipinski definition) is 1. The molecular weight excluding hydrogens is 298 g/mol. The number of nitrogens with zero attached hydrogens (tertiary/aromatic N) is 2. The molecular formula is C12H15N3O3S2. The van der Waals surface area contributed by atoms with E-state index in [0.29, 0.717) is 23.4 Å². The van der Waals surface area contributed by atoms with E-state index in [4.69, 9.17) is 4.42 Å². The van der Waals surface area contributed by atoms with Crippen LogP contribution in [0.25, 0.3) is 11.5 Å². The summed E-state index contributed by atoms with van der Waals surface area (Å²) < 4.78 is 30.4. The molecule has 0 aliphatic carbocycles. The van der Waals surface area contributed by atoms with Crippen molar-refractivity contribution in [3.8, 4) is 11.5 Å². The molecule has 0 fully saturated rings. The van der Waals surface area contributed by atoms with Gasteiger partial charge in [0.15, 0.2) is 0 Å². The third-order valence-electron chi connectivity index (χ3n) is 2.46. The molecule has 1 heterocycles. The fourth-order valence-corrected chi connectivity index (χ4v) is 2.76. The smallest absolute Gasteiger partial charge is 0.276 e. The minimum Gasteiger partial charge on any atom is -0.411 e. The molecule has 1 N–H and O–H groups in total. The average molecular weight is 313 g/mol. The summed E-state index contributed by atoms with van der Waals surface area (Å²) in [6.07, 6.45) is 0. The molecule has 1 aromatic carbocycles. The Morgan fingerprint density at radius 3 is 2.70 bits per heavy atom. The van der Waals surface area contributed by atoms with Crippen molar-refractivity contribution in [3.05, 3.63) is 30.3 Å². The van der Waals surface area contributed by atoms with Crippen LogP contribution in [0.5, 0.6) is 0 Å². The Bertz CT molecular complexity index is 641. The number of nitrogens with one attached hydrogen (secondary N) is 1. The molecule has 0 saturated heterocycles. The highest BCUT2D eigenvalue weighted by Crippen LogP contribution is 2.22. The van der Waals surface area contributed by atoms with Gasteiger partial charge in [-0.25, -0.2) is 13.1 Å². The van der Waals surface area contributed by atoms with Crippen LogP contribution < -0.4 is 4.72 Å². The maximum Gasteiger partial charge on any atom is 0.276 e. The van der Waals surface area contributed by atoms with Gasteiger partial charge in [-0.05, 0) is 19.1 Å². The second-order valence-electron chi connectivity index (χ2n) is 3.89. The van der Waals surface area contributed by atoms with Gasteiger partial charge >= 0.3 is 0 Å². The number of sulfonamides is 1. The molecule has 0 bridgehead atoms. The maximum atomic E-state index is 11.2. The molecule has 0 atom stereocenters. The van der Waals surface area contributed by atoms with Gasteiger partial charge in [0.05, 0.1) is 5.75 Å². The minimum absolute atomic E-state index is 0.0797. The van der Waals surface area contributed by atoms with Gasteiger partial charge in [0, 0.05) is 17.9 Å². The molecule has 20 heavy (non-hydrogen) atoms. The van der Waals surface area contributed by atoms with Gasteiger partial charge in [0.25, 0.3) is 5.22 Å². The van der Waals surface area contributed by atoms with Crippen LogP contribution in [0.4, 0.5) is 0 Å². The first-order valence-electron chi connectivity index (χ1n) is 6.10. The lowest BCUT2D eigenvalue weighted by Gasteiger charge is -2.01. The van der Waals surface area contributed by atoms with Gasteiger partial charge < -0.3 is 4.42 Å². The Balaban J connectivity index is 1.85. The van der Waals surface area contributed by atoms with E-state index in [1.54, 1.807) is 6.92 Å². The van der Waals surface area contributed by atoms with E-state index in [0.717, 1.165) is 5.56 Å². The van der Waals surface area contributed by atoms with Crippen LogP contribution in [-0.2, 0) is 10.0 Å². The zero-order valence-electron chi connectivity index (χ0n) is 10.9. The number of thioether (sulfide) groups is 1. The first-order chi connectivity index (χ1) is 9.61. The summed E-state index contributed by atoms with van der Waals surface area (Å²) in [6, 6.07) is 9.47. The van der Waals surface area contributed by atoms with E-state index >= 15 is 0 Å². The second-order valence-corrected chi connectivity index (χ2v) is 7.03. The van der Waals surface area contributed by atoms with Gasteiger partial charge in [-0.2, -0.15) is 0 Å². The van der Waals surface area contributed by atoms with Crippen LogP contribution in [0.1, 0.15) is 6.92 Å². The average Bonchev–Trinajstić information content (AvgIpc) is 2.93. The number of aromatic nitrogens is 2. The van der Waals surface area contributed by atoms with Crippen molar-refractivity contribution in [1.29, 1.82) is 0 Å². The first kappa shape index (κ1) is 15.0. The summed E-state index contributed by atoms with van der Waals surface area (Å²) in [7, 11) is -3.14. The Morgan fingerprint density at radius 2 is 2.00 bits per heavy atom. The molecule has 0 amide bonds. The van der Waals surface area contributed by atoms with E-state index in [9.17, 15) is 8.42 Å². The summed E-state index contributed by atoms with van der Waals surface area (Å²) in [5.74, 6) is 1.08. The molecule has 108 valence electrons. The SMILES string of the molecule is CCS(=O)(=O)NCCSc1nnc(-c2ccccc2)o1. The topological polar surface area (TPSA) is 85.1 Å². The predicted octanol–water partition coefficient (Wildman–Crippen LogP) is 1.77. The molecule has 0 aliphatic rings. The molecule has 1 aromatic heterocycles. The molecule has 2 rings (SSSR count). The van der Waals surface area contributed by atoms with Gasteiger partial charge in [0.2, 0.25) is 15.9 Å². The van der Waals surface area contributed by atoms with Crippen molar-refractivity contribution in [1.82, 2.24) is 14.9 Å². The normalized spacial score (nSPS) is 11.7. The monoisotopic (exact) mass is 313 g/mol. The third-order valence-corrected chi connectivity index (χ3v) is 4.68. The van der Waals surface area contributed by atoms with Crippen LogP contribution in [0.2, 0.25) is 0 Å². The van der Waals surface area contributed by atoms with Gasteiger partial charge in [0.1, 0.15) is 0 Å². The standard InChI is InChI=1S/C12H15N3O3S2/c1-2-20(16,17)13-8-9-19-12-15-14-11(18-12)10-6-4-3-5-7-10/h3-7,13H,2,8-9H2,1H3. The molecule has 0 unspecified atom stereocenters. The Morgan fingerprint density at radius 1 is 1.25 bits per heavy atom.